The number of rotatable bonds is 9. The number of amides is 1. The molecule has 254 valence electrons. The average Bonchev–Trinajstić information content (AvgIpc) is 3.66. The highest BCUT2D eigenvalue weighted by atomic mass is 32.2. The van der Waals surface area contributed by atoms with E-state index in [0.717, 1.165) is 22.3 Å². The molecule has 1 aliphatic carbocycles. The molecule has 8 nitrogen and oxygen atoms in total. The first-order valence-corrected chi connectivity index (χ1v) is 17.4. The number of hydrogen-bond donors (Lipinski definition) is 0. The number of allylic oxidation sites excluding steroid dienone is 1. The van der Waals surface area contributed by atoms with Crippen molar-refractivity contribution < 1.29 is 33.4 Å². The van der Waals surface area contributed by atoms with E-state index in [-0.39, 0.29) is 12.2 Å². The number of ether oxygens (including phenoxy) is 3. The van der Waals surface area contributed by atoms with Crippen LogP contribution in [0.25, 0.3) is 0 Å². The standard InChI is InChI=1S/C41H37NO7S/c1-40(2)34(37(45)49-33(28-20-12-6-13-21-28)29-22-14-7-15-23-29)42-38(46)41(39(42)50-40)31(27-18-10-5-11-19-27)24-30(32(41)36(44)47-3)35(43)48-25-26-16-8-4-9-17-26/h4-24,31-34,39H,25H2,1-3H3/t31-,32-,34+,39-,41?/m1/s1. The number of thioether (sulfide) groups is 1. The van der Waals surface area contributed by atoms with Gasteiger partial charge < -0.3 is 19.1 Å². The SMILES string of the molecule is COC(=O)[C@H]1C(C(=O)OCc2ccccc2)=C[C@H](c2ccccc2)C12C(=O)N1[C@@H](C(=O)OC(c3ccccc3)c3ccccc3)C(C)(C)S[C@@H]12. The van der Waals surface area contributed by atoms with Crippen molar-refractivity contribution in [1.29, 1.82) is 0 Å². The smallest absolute Gasteiger partial charge is 0.334 e. The molecule has 2 fully saturated rings. The Labute approximate surface area is 295 Å². The molecule has 9 heteroatoms. The van der Waals surface area contributed by atoms with Crippen LogP contribution in [0.3, 0.4) is 0 Å². The van der Waals surface area contributed by atoms with Gasteiger partial charge in [0, 0.05) is 16.2 Å². The fourth-order valence-corrected chi connectivity index (χ4v) is 9.55. The van der Waals surface area contributed by atoms with Crippen LogP contribution in [0.4, 0.5) is 0 Å². The fraction of sp³-hybridized carbons (Fsp3) is 0.268. The first kappa shape index (κ1) is 33.4. The Morgan fingerprint density at radius 2 is 1.32 bits per heavy atom. The maximum Gasteiger partial charge on any atom is 0.334 e. The first-order chi connectivity index (χ1) is 24.2. The first-order valence-electron chi connectivity index (χ1n) is 16.5. The Balaban J connectivity index is 1.25. The summed E-state index contributed by atoms with van der Waals surface area (Å²) in [6, 6.07) is 36.6. The monoisotopic (exact) mass is 687 g/mol. The molecule has 1 unspecified atom stereocenters. The van der Waals surface area contributed by atoms with Gasteiger partial charge in [-0.05, 0) is 36.1 Å². The van der Waals surface area contributed by atoms with Gasteiger partial charge in [-0.2, -0.15) is 0 Å². The maximum atomic E-state index is 15.0. The van der Waals surface area contributed by atoms with Crippen molar-refractivity contribution in [3.63, 3.8) is 0 Å². The maximum absolute atomic E-state index is 15.0. The molecule has 5 atom stereocenters. The van der Waals surface area contributed by atoms with E-state index in [4.69, 9.17) is 14.2 Å². The van der Waals surface area contributed by atoms with Gasteiger partial charge in [0.05, 0.1) is 12.5 Å². The number of nitrogens with zero attached hydrogens (tertiary/aromatic N) is 1. The van der Waals surface area contributed by atoms with E-state index < -0.39 is 63.3 Å². The number of hydrogen-bond acceptors (Lipinski definition) is 8. The largest absolute Gasteiger partial charge is 0.469 e. The molecule has 50 heavy (non-hydrogen) atoms. The Bertz CT molecular complexity index is 1890. The number of benzene rings is 4. The number of β-lactam (4-membered cyclic amide) rings is 1. The van der Waals surface area contributed by atoms with Crippen LogP contribution in [0.2, 0.25) is 0 Å². The lowest BCUT2D eigenvalue weighted by Gasteiger charge is -2.56. The van der Waals surface area contributed by atoms with Crippen LogP contribution in [0.5, 0.6) is 0 Å². The highest BCUT2D eigenvalue weighted by molar-refractivity contribution is 8.01. The highest BCUT2D eigenvalue weighted by Crippen LogP contribution is 2.69. The summed E-state index contributed by atoms with van der Waals surface area (Å²) in [6.45, 7) is 3.81. The Kier molecular flexibility index (Phi) is 8.86. The van der Waals surface area contributed by atoms with E-state index in [2.05, 4.69) is 0 Å². The van der Waals surface area contributed by atoms with Gasteiger partial charge >= 0.3 is 17.9 Å². The van der Waals surface area contributed by atoms with E-state index >= 15 is 0 Å². The highest BCUT2D eigenvalue weighted by Gasteiger charge is 2.79. The molecule has 0 radical (unpaired) electrons. The van der Waals surface area contributed by atoms with Crippen LogP contribution in [0.1, 0.15) is 48.1 Å². The summed E-state index contributed by atoms with van der Waals surface area (Å²) in [6.07, 6.45) is 0.994. The van der Waals surface area contributed by atoms with E-state index in [1.165, 1.54) is 18.9 Å². The summed E-state index contributed by atoms with van der Waals surface area (Å²) in [4.78, 5) is 58.5. The van der Waals surface area contributed by atoms with E-state index in [1.54, 1.807) is 11.0 Å². The van der Waals surface area contributed by atoms with Crippen molar-refractivity contribution >= 4 is 35.6 Å². The summed E-state index contributed by atoms with van der Waals surface area (Å²) >= 11 is 1.44. The molecular formula is C41H37NO7S. The van der Waals surface area contributed by atoms with E-state index in [0.29, 0.717) is 0 Å². The van der Waals surface area contributed by atoms with E-state index in [1.807, 2.05) is 135 Å². The molecule has 4 aromatic carbocycles. The minimum atomic E-state index is -1.44. The zero-order chi connectivity index (χ0) is 35.0. The van der Waals surface area contributed by atoms with Gasteiger partial charge in [-0.15, -0.1) is 11.8 Å². The molecule has 0 aromatic heterocycles. The molecule has 1 spiro atoms. The van der Waals surface area contributed by atoms with Gasteiger partial charge in [-0.1, -0.05) is 127 Å². The van der Waals surface area contributed by atoms with Crippen molar-refractivity contribution in [2.24, 2.45) is 11.3 Å². The van der Waals surface area contributed by atoms with Crippen LogP contribution in [0.15, 0.2) is 133 Å². The predicted molar refractivity (Wildman–Crippen MR) is 188 cm³/mol. The van der Waals surface area contributed by atoms with Crippen LogP contribution in [0, 0.1) is 11.3 Å². The van der Waals surface area contributed by atoms with Crippen LogP contribution in [-0.4, -0.2) is 52.0 Å². The number of esters is 3. The molecule has 3 aliphatic rings. The van der Waals surface area contributed by atoms with Gasteiger partial charge in [0.25, 0.3) is 0 Å². The topological polar surface area (TPSA) is 99.2 Å². The predicted octanol–water partition coefficient (Wildman–Crippen LogP) is 6.62. The van der Waals surface area contributed by atoms with Crippen molar-refractivity contribution in [1.82, 2.24) is 4.90 Å². The van der Waals surface area contributed by atoms with Crippen LogP contribution in [-0.2, 0) is 40.0 Å². The van der Waals surface area contributed by atoms with E-state index in [9.17, 15) is 19.2 Å². The van der Waals surface area contributed by atoms with Crippen LogP contribution >= 0.6 is 11.8 Å². The molecule has 4 aromatic rings. The summed E-state index contributed by atoms with van der Waals surface area (Å²) in [5.74, 6) is -4.29. The van der Waals surface area contributed by atoms with Crippen molar-refractivity contribution in [2.75, 3.05) is 7.11 Å². The minimum absolute atomic E-state index is 0.00288. The number of carbonyl (C=O) groups excluding carboxylic acids is 4. The summed E-state index contributed by atoms with van der Waals surface area (Å²) in [5.41, 5.74) is 1.78. The van der Waals surface area contributed by atoms with Gasteiger partial charge in [-0.25, -0.2) is 9.59 Å². The zero-order valence-corrected chi connectivity index (χ0v) is 28.7. The van der Waals surface area contributed by atoms with Crippen molar-refractivity contribution in [3.05, 3.63) is 155 Å². The lowest BCUT2D eigenvalue weighted by Crippen LogP contribution is -2.73. The molecular weight excluding hydrogens is 651 g/mol. The molecule has 2 heterocycles. The molecule has 1 amide bonds. The average molecular weight is 688 g/mol. The van der Waals surface area contributed by atoms with Gasteiger partial charge in [0.2, 0.25) is 5.91 Å². The third-order valence-corrected chi connectivity index (χ3v) is 11.6. The van der Waals surface area contributed by atoms with Crippen molar-refractivity contribution in [2.45, 2.75) is 48.6 Å². The lowest BCUT2D eigenvalue weighted by molar-refractivity contribution is -0.187. The molecule has 2 saturated heterocycles. The Hall–Kier alpha value is -5.15. The normalized spacial score (nSPS) is 24.7. The molecule has 2 aliphatic heterocycles. The number of carbonyl (C=O) groups is 4. The number of fused-ring (bicyclic) bond motifs is 2. The number of methoxy groups -OCH3 is 1. The fourth-order valence-electron chi connectivity index (χ4n) is 7.72. The van der Waals surface area contributed by atoms with Gasteiger partial charge in [0.15, 0.2) is 6.10 Å². The van der Waals surface area contributed by atoms with Crippen LogP contribution < -0.4 is 0 Å². The minimum Gasteiger partial charge on any atom is -0.469 e. The van der Waals surface area contributed by atoms with Crippen molar-refractivity contribution in [3.8, 4) is 0 Å². The Morgan fingerprint density at radius 3 is 1.88 bits per heavy atom. The summed E-state index contributed by atoms with van der Waals surface area (Å²) < 4.78 is 16.5. The summed E-state index contributed by atoms with van der Waals surface area (Å²) in [7, 11) is 1.25. The quantitative estimate of drug-likeness (QED) is 0.110. The Morgan fingerprint density at radius 1 is 0.780 bits per heavy atom. The summed E-state index contributed by atoms with van der Waals surface area (Å²) in [5, 5.41) is -0.653. The molecule has 0 saturated carbocycles. The molecule has 0 N–H and O–H groups in total. The third-order valence-electron chi connectivity index (χ3n) is 9.97. The third kappa shape index (κ3) is 5.50. The zero-order valence-electron chi connectivity index (χ0n) is 27.9. The second kappa shape index (κ2) is 13.3. The van der Waals surface area contributed by atoms with Gasteiger partial charge in [0.1, 0.15) is 24.0 Å². The second-order valence-electron chi connectivity index (χ2n) is 13.3. The second-order valence-corrected chi connectivity index (χ2v) is 15.0. The lowest BCUT2D eigenvalue weighted by atomic mass is 9.61. The van der Waals surface area contributed by atoms with Gasteiger partial charge in [-0.3, -0.25) is 9.59 Å². The molecule has 0 bridgehead atoms. The molecule has 7 rings (SSSR count).